The van der Waals surface area contributed by atoms with Crippen molar-refractivity contribution < 1.29 is 14.8 Å². The van der Waals surface area contributed by atoms with Gasteiger partial charge < -0.3 is 0 Å². The zero-order chi connectivity index (χ0) is 24.1. The molecule has 0 heterocycles. The van der Waals surface area contributed by atoms with E-state index in [1.807, 2.05) is 19.1 Å². The molecule has 0 fully saturated rings. The molecule has 0 aliphatic carbocycles. The zero-order valence-electron chi connectivity index (χ0n) is 17.6. The fraction of sp³-hybridized carbons (Fsp3) is 0.143. The van der Waals surface area contributed by atoms with Gasteiger partial charge in [-0.1, -0.05) is 36.4 Å². The molecule has 1 rings (SSSR count). The molecule has 32 heavy (non-hydrogen) atoms. The molecule has 0 radical (unpaired) electrons. The largest absolute Gasteiger partial charge is 0.296 e. The fourth-order valence-electron chi connectivity index (χ4n) is 2.43. The molecular formula is C21H23N5O6. The molecule has 0 aromatic heterocycles. The Labute approximate surface area is 184 Å². The Hall–Kier alpha value is -4.54. The first-order chi connectivity index (χ1) is 15.2. The van der Waals surface area contributed by atoms with E-state index in [0.717, 1.165) is 0 Å². The van der Waals surface area contributed by atoms with Gasteiger partial charge in [0.15, 0.2) is 0 Å². The SMILES string of the molecule is C=CCC=C(/C=C\C)N(N/C(C)=C(/C=C(\C=C\[N+](=O)[O-])[N+](=O)[O-])[N+](=O)[O-])c1ccccc1. The quantitative estimate of drug-likeness (QED) is 0.216. The first-order valence-corrected chi connectivity index (χ1v) is 9.29. The van der Waals surface area contributed by atoms with Crippen molar-refractivity contribution in [2.24, 2.45) is 0 Å². The third-order valence-electron chi connectivity index (χ3n) is 3.83. The summed E-state index contributed by atoms with van der Waals surface area (Å²) in [5.41, 5.74) is 2.74. The van der Waals surface area contributed by atoms with Crippen LogP contribution in [0.1, 0.15) is 20.3 Å². The summed E-state index contributed by atoms with van der Waals surface area (Å²) in [6, 6.07) is 8.92. The first-order valence-electron chi connectivity index (χ1n) is 9.29. The van der Waals surface area contributed by atoms with Gasteiger partial charge in [0.1, 0.15) is 5.70 Å². The van der Waals surface area contributed by atoms with E-state index < -0.39 is 26.2 Å². The summed E-state index contributed by atoms with van der Waals surface area (Å²) >= 11 is 0. The monoisotopic (exact) mass is 441 g/mol. The van der Waals surface area contributed by atoms with Crippen molar-refractivity contribution in [2.75, 3.05) is 5.01 Å². The van der Waals surface area contributed by atoms with Crippen LogP contribution in [0.15, 0.2) is 102 Å². The lowest BCUT2D eigenvalue weighted by molar-refractivity contribution is -0.433. The Morgan fingerprint density at radius 2 is 1.75 bits per heavy atom. The molecule has 11 heteroatoms. The van der Waals surface area contributed by atoms with Crippen molar-refractivity contribution in [3.63, 3.8) is 0 Å². The lowest BCUT2D eigenvalue weighted by Crippen LogP contribution is -2.36. The van der Waals surface area contributed by atoms with Gasteiger partial charge in [-0.05, 0) is 38.5 Å². The lowest BCUT2D eigenvalue weighted by atomic mass is 10.2. The van der Waals surface area contributed by atoms with Crippen molar-refractivity contribution in [1.82, 2.24) is 5.43 Å². The van der Waals surface area contributed by atoms with Crippen LogP contribution in [-0.2, 0) is 0 Å². The molecule has 168 valence electrons. The summed E-state index contributed by atoms with van der Waals surface area (Å²) in [4.78, 5) is 30.7. The van der Waals surface area contributed by atoms with Gasteiger partial charge in [-0.15, -0.1) is 6.58 Å². The highest BCUT2D eigenvalue weighted by Crippen LogP contribution is 2.20. The van der Waals surface area contributed by atoms with Crippen LogP contribution in [-0.4, -0.2) is 14.8 Å². The van der Waals surface area contributed by atoms with E-state index >= 15 is 0 Å². The number of anilines is 1. The lowest BCUT2D eigenvalue weighted by Gasteiger charge is -2.27. The molecule has 0 atom stereocenters. The highest BCUT2D eigenvalue weighted by Gasteiger charge is 2.21. The Morgan fingerprint density at radius 1 is 1.09 bits per heavy atom. The molecular weight excluding hydrogens is 418 g/mol. The normalized spacial score (nSPS) is 13.1. The predicted molar refractivity (Wildman–Crippen MR) is 121 cm³/mol. The van der Waals surface area contributed by atoms with Crippen LogP contribution in [0, 0.1) is 30.3 Å². The van der Waals surface area contributed by atoms with Gasteiger partial charge in [0.25, 0.3) is 11.4 Å². The second kappa shape index (κ2) is 12.9. The van der Waals surface area contributed by atoms with Gasteiger partial charge in [0.05, 0.1) is 38.3 Å². The number of nitrogens with one attached hydrogen (secondary N) is 1. The molecule has 0 saturated carbocycles. The van der Waals surface area contributed by atoms with Crippen LogP contribution in [0.5, 0.6) is 0 Å². The molecule has 0 aliphatic rings. The summed E-state index contributed by atoms with van der Waals surface area (Å²) in [6.07, 6.45) is 9.19. The van der Waals surface area contributed by atoms with Crippen LogP contribution in [0.3, 0.4) is 0 Å². The standard InChI is InChI=1S/C21H23N5O6/c1-4-6-11-18(10-5-2)24(19-12-8-7-9-13-19)22-17(3)21(26(31)32)16-20(25(29)30)14-15-23(27)28/h4-5,7-16,22H,1,6H2,2-3H3/b10-5-,15-14+,18-11?,20-16+,21-17-. The van der Waals surface area contributed by atoms with Gasteiger partial charge in [0.2, 0.25) is 6.20 Å². The van der Waals surface area contributed by atoms with E-state index in [1.165, 1.54) is 6.92 Å². The maximum Gasteiger partial charge on any atom is 0.296 e. The fourth-order valence-corrected chi connectivity index (χ4v) is 2.43. The number of hydrogen-bond acceptors (Lipinski definition) is 8. The molecule has 0 aliphatic heterocycles. The summed E-state index contributed by atoms with van der Waals surface area (Å²) in [5.74, 6) is 0. The molecule has 11 nitrogen and oxygen atoms in total. The van der Waals surface area contributed by atoms with Crippen LogP contribution in [0.4, 0.5) is 5.69 Å². The van der Waals surface area contributed by atoms with Gasteiger partial charge >= 0.3 is 0 Å². The second-order valence-electron chi connectivity index (χ2n) is 6.13. The zero-order valence-corrected chi connectivity index (χ0v) is 17.6. The van der Waals surface area contributed by atoms with Crippen molar-refractivity contribution in [2.45, 2.75) is 20.3 Å². The summed E-state index contributed by atoms with van der Waals surface area (Å²) in [7, 11) is 0. The maximum atomic E-state index is 11.6. The Balaban J connectivity index is 3.59. The Bertz CT molecular complexity index is 1010. The molecule has 1 aromatic rings. The summed E-state index contributed by atoms with van der Waals surface area (Å²) in [6.45, 7) is 6.87. The minimum absolute atomic E-state index is 0.0262. The number of hydrogen-bond donors (Lipinski definition) is 1. The van der Waals surface area contributed by atoms with Crippen molar-refractivity contribution in [3.8, 4) is 0 Å². The average Bonchev–Trinajstić information content (AvgIpc) is 2.75. The molecule has 0 bridgehead atoms. The number of hydrazine groups is 1. The predicted octanol–water partition coefficient (Wildman–Crippen LogP) is 4.49. The van der Waals surface area contributed by atoms with E-state index in [2.05, 4.69) is 12.0 Å². The smallest absolute Gasteiger partial charge is 0.291 e. The van der Waals surface area contributed by atoms with Gasteiger partial charge in [-0.3, -0.25) is 40.8 Å². The number of nitro groups is 3. The summed E-state index contributed by atoms with van der Waals surface area (Å²) in [5, 5.41) is 34.9. The van der Waals surface area contributed by atoms with Gasteiger partial charge in [-0.25, -0.2) is 0 Å². The minimum atomic E-state index is -0.943. The van der Waals surface area contributed by atoms with E-state index in [-0.39, 0.29) is 5.70 Å². The van der Waals surface area contributed by atoms with E-state index in [1.54, 1.807) is 47.5 Å². The number of allylic oxidation sites excluding steroid dienone is 7. The van der Waals surface area contributed by atoms with Crippen molar-refractivity contribution >= 4 is 5.69 Å². The summed E-state index contributed by atoms with van der Waals surface area (Å²) < 4.78 is 0. The third-order valence-corrected chi connectivity index (χ3v) is 3.83. The van der Waals surface area contributed by atoms with Crippen molar-refractivity contribution in [3.05, 3.63) is 133 Å². The number of rotatable bonds is 12. The molecule has 1 aromatic carbocycles. The van der Waals surface area contributed by atoms with Crippen LogP contribution < -0.4 is 10.4 Å². The molecule has 0 spiro atoms. The second-order valence-corrected chi connectivity index (χ2v) is 6.13. The van der Waals surface area contributed by atoms with Crippen molar-refractivity contribution in [1.29, 1.82) is 0 Å². The Kier molecular flexibility index (Phi) is 10.3. The van der Waals surface area contributed by atoms with E-state index in [0.29, 0.717) is 36.2 Å². The topological polar surface area (TPSA) is 145 Å². The first kappa shape index (κ1) is 25.5. The average molecular weight is 441 g/mol. The molecule has 1 N–H and O–H groups in total. The number of benzene rings is 1. The van der Waals surface area contributed by atoms with Crippen LogP contribution >= 0.6 is 0 Å². The molecule has 0 amide bonds. The molecule has 0 unspecified atom stereocenters. The third kappa shape index (κ3) is 8.06. The Morgan fingerprint density at radius 3 is 2.25 bits per heavy atom. The van der Waals surface area contributed by atoms with Crippen LogP contribution in [0.2, 0.25) is 0 Å². The van der Waals surface area contributed by atoms with Gasteiger partial charge in [0, 0.05) is 0 Å². The van der Waals surface area contributed by atoms with Crippen LogP contribution in [0.25, 0.3) is 0 Å². The molecule has 0 saturated heterocycles. The highest BCUT2D eigenvalue weighted by molar-refractivity contribution is 5.54. The number of nitrogens with zero attached hydrogens (tertiary/aromatic N) is 4. The number of para-hydroxylation sites is 1. The van der Waals surface area contributed by atoms with E-state index in [4.69, 9.17) is 0 Å². The van der Waals surface area contributed by atoms with Gasteiger partial charge in [-0.2, -0.15) is 0 Å². The minimum Gasteiger partial charge on any atom is -0.291 e. The highest BCUT2D eigenvalue weighted by atomic mass is 16.6. The van der Waals surface area contributed by atoms with E-state index in [9.17, 15) is 30.3 Å². The maximum absolute atomic E-state index is 11.6.